The van der Waals surface area contributed by atoms with Crippen molar-refractivity contribution in [3.8, 4) is 6.07 Å². The average molecular weight is 275 g/mol. The number of ether oxygens (including phenoxy) is 1. The summed E-state index contributed by atoms with van der Waals surface area (Å²) in [6.07, 6.45) is 1.58. The zero-order valence-corrected chi connectivity index (χ0v) is 10.9. The van der Waals surface area contributed by atoms with E-state index in [1.165, 1.54) is 19.2 Å². The lowest BCUT2D eigenvalue weighted by Crippen LogP contribution is -2.24. The highest BCUT2D eigenvalue weighted by molar-refractivity contribution is 5.92. The predicted molar refractivity (Wildman–Crippen MR) is 69.5 cm³/mol. The molecule has 2 rings (SSSR count). The molecule has 2 unspecified atom stereocenters. The summed E-state index contributed by atoms with van der Waals surface area (Å²) in [5, 5.41) is 8.97. The van der Waals surface area contributed by atoms with E-state index in [9.17, 15) is 9.18 Å². The number of carbonyl (C=O) groups is 1. The third-order valence-electron chi connectivity index (χ3n) is 3.16. The zero-order chi connectivity index (χ0) is 14.5. The first-order valence-corrected chi connectivity index (χ1v) is 6.09. The molecule has 0 radical (unpaired) electrons. The number of methoxy groups -OCH3 is 1. The number of nitrogens with zero attached hydrogens (tertiary/aromatic N) is 1. The van der Waals surface area contributed by atoms with Gasteiger partial charge in [0, 0.05) is 12.5 Å². The second kappa shape index (κ2) is 6.28. The first-order valence-electron chi connectivity index (χ1n) is 6.09. The van der Waals surface area contributed by atoms with Crippen molar-refractivity contribution in [1.29, 1.82) is 5.26 Å². The topological polar surface area (TPSA) is 74.2 Å². The highest BCUT2D eigenvalue weighted by atomic mass is 19.1. The third-order valence-corrected chi connectivity index (χ3v) is 3.16. The Morgan fingerprint density at radius 3 is 2.80 bits per heavy atom. The fourth-order valence-corrected chi connectivity index (χ4v) is 2.14. The molecule has 0 spiro atoms. The van der Waals surface area contributed by atoms with Crippen molar-refractivity contribution in [2.24, 2.45) is 5.92 Å². The van der Waals surface area contributed by atoms with Gasteiger partial charge in [-0.1, -0.05) is 18.2 Å². The van der Waals surface area contributed by atoms with E-state index in [0.717, 1.165) is 5.56 Å². The smallest absolute Gasteiger partial charge is 0.348 e. The Hall–Kier alpha value is -2.23. The summed E-state index contributed by atoms with van der Waals surface area (Å²) < 4.78 is 17.5. The van der Waals surface area contributed by atoms with E-state index in [2.05, 4.69) is 15.6 Å². The number of halogens is 1. The molecule has 20 heavy (non-hydrogen) atoms. The number of nitrogens with one attached hydrogen (secondary N) is 2. The molecule has 5 nitrogen and oxygen atoms in total. The lowest BCUT2D eigenvalue weighted by Gasteiger charge is -2.16. The lowest BCUT2D eigenvalue weighted by atomic mass is 9.93. The van der Waals surface area contributed by atoms with Crippen molar-refractivity contribution >= 4 is 5.97 Å². The molecule has 2 N–H and O–H groups in total. The summed E-state index contributed by atoms with van der Waals surface area (Å²) >= 11 is 0. The summed E-state index contributed by atoms with van der Waals surface area (Å²) in [5.41, 5.74) is 6.86. The summed E-state index contributed by atoms with van der Waals surface area (Å²) in [6.45, 7) is 0.560. The van der Waals surface area contributed by atoms with E-state index < -0.39 is 5.97 Å². The molecule has 1 aromatic carbocycles. The lowest BCUT2D eigenvalue weighted by molar-refractivity contribution is -0.135. The Labute approximate surface area is 116 Å². The summed E-state index contributed by atoms with van der Waals surface area (Å²) in [5.74, 6) is -1.06. The van der Waals surface area contributed by atoms with Crippen LogP contribution in [0.2, 0.25) is 0 Å². The van der Waals surface area contributed by atoms with Gasteiger partial charge in [-0.2, -0.15) is 5.26 Å². The molecular weight excluding hydrogens is 261 g/mol. The Kier molecular flexibility index (Phi) is 4.45. The largest absolute Gasteiger partial charge is 0.465 e. The Balaban J connectivity index is 2.23. The molecule has 0 aromatic heterocycles. The molecular formula is C14H14FN3O2. The van der Waals surface area contributed by atoms with Crippen molar-refractivity contribution in [2.45, 2.75) is 6.04 Å². The fraction of sp³-hybridized carbons (Fsp3) is 0.286. The number of rotatable bonds is 3. The van der Waals surface area contributed by atoms with Gasteiger partial charge in [-0.3, -0.25) is 5.43 Å². The molecule has 1 saturated heterocycles. The first-order chi connectivity index (χ1) is 9.65. The van der Waals surface area contributed by atoms with Crippen LogP contribution in [0, 0.1) is 23.1 Å². The number of benzene rings is 1. The van der Waals surface area contributed by atoms with Crippen molar-refractivity contribution in [1.82, 2.24) is 10.9 Å². The van der Waals surface area contributed by atoms with Gasteiger partial charge >= 0.3 is 5.97 Å². The van der Waals surface area contributed by atoms with Gasteiger partial charge in [0.15, 0.2) is 0 Å². The van der Waals surface area contributed by atoms with Gasteiger partial charge in [0.1, 0.15) is 17.5 Å². The maximum atomic E-state index is 12.9. The Morgan fingerprint density at radius 1 is 1.50 bits per heavy atom. The Morgan fingerprint density at radius 2 is 2.20 bits per heavy atom. The van der Waals surface area contributed by atoms with Crippen LogP contribution in [0.3, 0.4) is 0 Å². The summed E-state index contributed by atoms with van der Waals surface area (Å²) in [7, 11) is 1.23. The predicted octanol–water partition coefficient (Wildman–Crippen LogP) is 1.21. The molecule has 6 heteroatoms. The number of carbonyl (C=O) groups excluding carboxylic acids is 1. The molecule has 104 valence electrons. The highest BCUT2D eigenvalue weighted by Gasteiger charge is 2.28. The minimum absolute atomic E-state index is 0.0323. The van der Waals surface area contributed by atoms with Crippen LogP contribution in [0.25, 0.3) is 0 Å². The molecule has 1 heterocycles. The number of hydrogen-bond acceptors (Lipinski definition) is 5. The van der Waals surface area contributed by atoms with Crippen LogP contribution in [-0.2, 0) is 9.53 Å². The van der Waals surface area contributed by atoms with Crippen LogP contribution in [0.1, 0.15) is 11.6 Å². The van der Waals surface area contributed by atoms with E-state index in [-0.39, 0.29) is 23.4 Å². The molecule has 2 atom stereocenters. The van der Waals surface area contributed by atoms with E-state index in [4.69, 9.17) is 5.26 Å². The zero-order valence-electron chi connectivity index (χ0n) is 10.9. The number of esters is 1. The van der Waals surface area contributed by atoms with Crippen molar-refractivity contribution in [3.05, 3.63) is 47.3 Å². The quantitative estimate of drug-likeness (QED) is 0.493. The van der Waals surface area contributed by atoms with Crippen LogP contribution >= 0.6 is 0 Å². The molecule has 0 bridgehead atoms. The first kappa shape index (κ1) is 14.2. The van der Waals surface area contributed by atoms with Gasteiger partial charge < -0.3 is 4.74 Å². The van der Waals surface area contributed by atoms with Gasteiger partial charge in [0.2, 0.25) is 0 Å². The second-order valence-corrected chi connectivity index (χ2v) is 4.40. The standard InChI is InChI=1S/C14H14FN3O2/c1-20-14(19)10(7-16)6-11-8-17-18-13(11)9-2-4-12(15)5-3-9/h2-6,11,13,17-18H,8H2,1H3/b10-6+. The number of nitriles is 1. The van der Waals surface area contributed by atoms with E-state index in [0.29, 0.717) is 6.54 Å². The van der Waals surface area contributed by atoms with Crippen LogP contribution < -0.4 is 10.9 Å². The summed E-state index contributed by atoms with van der Waals surface area (Å²) in [4.78, 5) is 11.4. The minimum atomic E-state index is -0.655. The highest BCUT2D eigenvalue weighted by Crippen LogP contribution is 2.27. The minimum Gasteiger partial charge on any atom is -0.465 e. The van der Waals surface area contributed by atoms with Crippen molar-refractivity contribution < 1.29 is 13.9 Å². The molecule has 0 saturated carbocycles. The molecule has 1 aliphatic rings. The van der Waals surface area contributed by atoms with Crippen LogP contribution in [-0.4, -0.2) is 19.6 Å². The molecule has 1 fully saturated rings. The third kappa shape index (κ3) is 3.02. The summed E-state index contributed by atoms with van der Waals surface area (Å²) in [6, 6.07) is 7.79. The normalized spacial score (nSPS) is 22.4. The molecule has 1 aliphatic heterocycles. The van der Waals surface area contributed by atoms with Crippen molar-refractivity contribution in [2.75, 3.05) is 13.7 Å². The molecule has 0 amide bonds. The van der Waals surface area contributed by atoms with E-state index in [1.807, 2.05) is 6.07 Å². The van der Waals surface area contributed by atoms with E-state index in [1.54, 1.807) is 18.2 Å². The maximum Gasteiger partial charge on any atom is 0.348 e. The van der Waals surface area contributed by atoms with Crippen molar-refractivity contribution in [3.63, 3.8) is 0 Å². The maximum absolute atomic E-state index is 12.9. The number of hydrogen-bond donors (Lipinski definition) is 2. The van der Waals surface area contributed by atoms with Gasteiger partial charge in [-0.05, 0) is 17.7 Å². The fourth-order valence-electron chi connectivity index (χ4n) is 2.14. The van der Waals surface area contributed by atoms with Gasteiger partial charge in [-0.25, -0.2) is 14.6 Å². The Bertz CT molecular complexity index is 563. The van der Waals surface area contributed by atoms with Gasteiger partial charge in [-0.15, -0.1) is 0 Å². The SMILES string of the molecule is COC(=O)/C(C#N)=C/C1CNNC1c1ccc(F)cc1. The van der Waals surface area contributed by atoms with Gasteiger partial charge in [0.05, 0.1) is 13.2 Å². The van der Waals surface area contributed by atoms with Crippen LogP contribution in [0.15, 0.2) is 35.9 Å². The molecule has 1 aromatic rings. The van der Waals surface area contributed by atoms with Crippen LogP contribution in [0.5, 0.6) is 0 Å². The van der Waals surface area contributed by atoms with Crippen LogP contribution in [0.4, 0.5) is 4.39 Å². The second-order valence-electron chi connectivity index (χ2n) is 4.40. The monoisotopic (exact) mass is 275 g/mol. The average Bonchev–Trinajstić information content (AvgIpc) is 2.93. The van der Waals surface area contributed by atoms with Gasteiger partial charge in [0.25, 0.3) is 0 Å². The number of hydrazine groups is 1. The van der Waals surface area contributed by atoms with E-state index >= 15 is 0 Å². The molecule has 0 aliphatic carbocycles.